The Labute approximate surface area is 154 Å². The Bertz CT molecular complexity index is 1280. The van der Waals surface area contributed by atoms with E-state index in [4.69, 9.17) is 4.74 Å². The van der Waals surface area contributed by atoms with Crippen molar-refractivity contribution >= 4 is 33.4 Å². The molecule has 5 rings (SSSR count). The zero-order chi connectivity index (χ0) is 18.5. The van der Waals surface area contributed by atoms with Crippen LogP contribution in [0.4, 0.5) is 0 Å². The minimum absolute atomic E-state index is 0.00338. The number of hydrogen-bond acceptors (Lipinski definition) is 4. The Morgan fingerprint density at radius 1 is 0.815 bits per heavy atom. The Morgan fingerprint density at radius 3 is 2.33 bits per heavy atom. The summed E-state index contributed by atoms with van der Waals surface area (Å²) in [5.74, 6) is -0.952. The van der Waals surface area contributed by atoms with Crippen LogP contribution < -0.4 is 4.74 Å². The van der Waals surface area contributed by atoms with Crippen LogP contribution in [0.5, 0.6) is 17.2 Å². The number of hydrogen-bond donors (Lipinski definition) is 2. The van der Waals surface area contributed by atoms with E-state index in [0.717, 1.165) is 27.1 Å². The fourth-order valence-corrected chi connectivity index (χ4v) is 3.57. The first kappa shape index (κ1) is 15.5. The standard InChI is InChI=1S/C23H14O4/c24-19-10-9-18-21(25)20(27-23(18)22(19)26)12-14-11-13-5-1-2-6-15(13)17-8-4-3-7-16(14)17/h1-12,24,26H. The average Bonchev–Trinajstić information content (AvgIpc) is 3.01. The van der Waals surface area contributed by atoms with Crippen LogP contribution >= 0.6 is 0 Å². The first-order valence-corrected chi connectivity index (χ1v) is 8.53. The molecule has 1 aliphatic heterocycles. The number of aromatic hydroxyl groups is 2. The summed E-state index contributed by atoms with van der Waals surface area (Å²) in [4.78, 5) is 12.7. The average molecular weight is 354 g/mol. The molecule has 0 bridgehead atoms. The lowest BCUT2D eigenvalue weighted by atomic mass is 9.96. The maximum atomic E-state index is 12.7. The van der Waals surface area contributed by atoms with Crippen molar-refractivity contribution in [3.63, 3.8) is 0 Å². The van der Waals surface area contributed by atoms with E-state index in [2.05, 4.69) is 12.1 Å². The zero-order valence-electron chi connectivity index (χ0n) is 14.1. The van der Waals surface area contributed by atoms with E-state index in [9.17, 15) is 15.0 Å². The third-order valence-electron chi connectivity index (χ3n) is 4.88. The van der Waals surface area contributed by atoms with Crippen LogP contribution in [0.15, 0.2) is 72.5 Å². The van der Waals surface area contributed by atoms with Gasteiger partial charge in [-0.25, -0.2) is 0 Å². The zero-order valence-corrected chi connectivity index (χ0v) is 14.1. The SMILES string of the molecule is O=C1C(=Cc2cc3ccccc3c3ccccc23)Oc2c1ccc(O)c2O. The third-order valence-corrected chi connectivity index (χ3v) is 4.88. The Morgan fingerprint density at radius 2 is 1.52 bits per heavy atom. The molecule has 0 aromatic heterocycles. The summed E-state index contributed by atoms with van der Waals surface area (Å²) in [6.45, 7) is 0. The van der Waals surface area contributed by atoms with Crippen LogP contribution in [0.3, 0.4) is 0 Å². The Hall–Kier alpha value is -3.79. The van der Waals surface area contributed by atoms with Gasteiger partial charge in [-0.05, 0) is 51.4 Å². The molecule has 4 aromatic rings. The summed E-state index contributed by atoms with van der Waals surface area (Å²) in [5, 5.41) is 23.9. The van der Waals surface area contributed by atoms with Gasteiger partial charge in [0, 0.05) is 0 Å². The Balaban J connectivity index is 1.73. The number of ether oxygens (including phenoxy) is 1. The molecule has 1 aliphatic rings. The highest BCUT2D eigenvalue weighted by Gasteiger charge is 2.31. The number of Topliss-reactive ketones (excluding diaryl/α,β-unsaturated/α-hetero) is 1. The molecule has 130 valence electrons. The van der Waals surface area contributed by atoms with E-state index in [1.165, 1.54) is 12.1 Å². The molecular weight excluding hydrogens is 340 g/mol. The molecule has 0 spiro atoms. The number of fused-ring (bicyclic) bond motifs is 4. The van der Waals surface area contributed by atoms with Gasteiger partial charge >= 0.3 is 0 Å². The van der Waals surface area contributed by atoms with Gasteiger partial charge in [0.1, 0.15) is 0 Å². The number of phenolic OH excluding ortho intramolecular Hbond substituents is 2. The van der Waals surface area contributed by atoms with Gasteiger partial charge in [0.25, 0.3) is 0 Å². The molecule has 1 heterocycles. The maximum Gasteiger partial charge on any atom is 0.232 e. The molecule has 27 heavy (non-hydrogen) atoms. The van der Waals surface area contributed by atoms with Crippen LogP contribution in [0.1, 0.15) is 15.9 Å². The first-order chi connectivity index (χ1) is 13.1. The summed E-state index contributed by atoms with van der Waals surface area (Å²) >= 11 is 0. The monoisotopic (exact) mass is 354 g/mol. The lowest BCUT2D eigenvalue weighted by Crippen LogP contribution is -1.98. The summed E-state index contributed by atoms with van der Waals surface area (Å²) in [5.41, 5.74) is 1.09. The molecule has 4 aromatic carbocycles. The van der Waals surface area contributed by atoms with Crippen molar-refractivity contribution in [1.29, 1.82) is 0 Å². The van der Waals surface area contributed by atoms with E-state index in [1.807, 2.05) is 42.5 Å². The number of benzene rings is 4. The van der Waals surface area contributed by atoms with Crippen molar-refractivity contribution in [3.8, 4) is 17.2 Å². The normalized spacial score (nSPS) is 14.7. The molecule has 2 N–H and O–H groups in total. The van der Waals surface area contributed by atoms with Crippen molar-refractivity contribution in [2.75, 3.05) is 0 Å². The van der Waals surface area contributed by atoms with E-state index < -0.39 is 5.75 Å². The van der Waals surface area contributed by atoms with Crippen molar-refractivity contribution < 1.29 is 19.7 Å². The summed E-state index contributed by atoms with van der Waals surface area (Å²) in [6, 6.07) is 20.8. The quantitative estimate of drug-likeness (QED) is 0.286. The number of rotatable bonds is 1. The number of carbonyl (C=O) groups excluding carboxylic acids is 1. The maximum absolute atomic E-state index is 12.7. The van der Waals surface area contributed by atoms with Crippen LogP contribution in [0.25, 0.3) is 27.6 Å². The van der Waals surface area contributed by atoms with Crippen LogP contribution in [0, 0.1) is 0 Å². The summed E-state index contributed by atoms with van der Waals surface area (Å²) in [7, 11) is 0. The second kappa shape index (κ2) is 5.61. The lowest BCUT2D eigenvalue weighted by molar-refractivity contribution is 0.101. The number of phenols is 2. The Kier molecular flexibility index (Phi) is 3.21. The van der Waals surface area contributed by atoms with Crippen LogP contribution in [0.2, 0.25) is 0 Å². The predicted molar refractivity (Wildman–Crippen MR) is 104 cm³/mol. The van der Waals surface area contributed by atoms with Gasteiger partial charge in [0.05, 0.1) is 5.56 Å². The molecule has 0 saturated carbocycles. The second-order valence-electron chi connectivity index (χ2n) is 6.48. The fraction of sp³-hybridized carbons (Fsp3) is 0. The smallest absolute Gasteiger partial charge is 0.232 e. The molecule has 0 saturated heterocycles. The fourth-order valence-electron chi connectivity index (χ4n) is 3.57. The molecule has 0 aliphatic carbocycles. The van der Waals surface area contributed by atoms with E-state index in [-0.39, 0.29) is 28.6 Å². The number of carbonyl (C=O) groups is 1. The van der Waals surface area contributed by atoms with Crippen molar-refractivity contribution in [2.45, 2.75) is 0 Å². The van der Waals surface area contributed by atoms with Crippen molar-refractivity contribution in [1.82, 2.24) is 0 Å². The van der Waals surface area contributed by atoms with Gasteiger partial charge in [-0.2, -0.15) is 0 Å². The van der Waals surface area contributed by atoms with Gasteiger partial charge in [-0.3, -0.25) is 4.79 Å². The first-order valence-electron chi connectivity index (χ1n) is 8.53. The second-order valence-corrected chi connectivity index (χ2v) is 6.48. The van der Waals surface area contributed by atoms with Gasteiger partial charge in [-0.1, -0.05) is 48.5 Å². The number of ketones is 1. The molecular formula is C23H14O4. The topological polar surface area (TPSA) is 66.8 Å². The van der Waals surface area contributed by atoms with Crippen LogP contribution in [-0.2, 0) is 0 Å². The highest BCUT2D eigenvalue weighted by molar-refractivity contribution is 6.17. The highest BCUT2D eigenvalue weighted by atomic mass is 16.5. The minimum Gasteiger partial charge on any atom is -0.504 e. The van der Waals surface area contributed by atoms with E-state index in [0.29, 0.717) is 0 Å². The third kappa shape index (κ3) is 2.27. The minimum atomic E-state index is -0.424. The van der Waals surface area contributed by atoms with Gasteiger partial charge in [0.2, 0.25) is 11.5 Å². The largest absolute Gasteiger partial charge is 0.504 e. The van der Waals surface area contributed by atoms with Crippen molar-refractivity contribution in [2.24, 2.45) is 0 Å². The molecule has 0 radical (unpaired) electrons. The van der Waals surface area contributed by atoms with E-state index >= 15 is 0 Å². The van der Waals surface area contributed by atoms with Crippen molar-refractivity contribution in [3.05, 3.63) is 83.6 Å². The predicted octanol–water partition coefficient (Wildman–Crippen LogP) is 5.02. The van der Waals surface area contributed by atoms with Gasteiger partial charge in [-0.15, -0.1) is 0 Å². The summed E-state index contributed by atoms with van der Waals surface area (Å²) < 4.78 is 5.60. The highest BCUT2D eigenvalue weighted by Crippen LogP contribution is 2.44. The molecule has 0 unspecified atom stereocenters. The molecule has 0 amide bonds. The summed E-state index contributed by atoms with van der Waals surface area (Å²) in [6.07, 6.45) is 1.69. The number of allylic oxidation sites excluding steroid dienone is 1. The van der Waals surface area contributed by atoms with Crippen LogP contribution in [-0.4, -0.2) is 16.0 Å². The lowest BCUT2D eigenvalue weighted by Gasteiger charge is -2.08. The molecule has 0 fully saturated rings. The molecule has 4 nitrogen and oxygen atoms in total. The molecule has 0 atom stereocenters. The molecule has 4 heteroatoms. The van der Waals surface area contributed by atoms with Gasteiger partial charge < -0.3 is 14.9 Å². The van der Waals surface area contributed by atoms with Gasteiger partial charge in [0.15, 0.2) is 17.3 Å². The van der Waals surface area contributed by atoms with E-state index in [1.54, 1.807) is 6.08 Å².